The summed E-state index contributed by atoms with van der Waals surface area (Å²) in [4.78, 5) is 2.49. The van der Waals surface area contributed by atoms with Crippen molar-refractivity contribution in [2.75, 3.05) is 4.90 Å². The van der Waals surface area contributed by atoms with Crippen LogP contribution >= 0.6 is 11.3 Å². The summed E-state index contributed by atoms with van der Waals surface area (Å²) in [6, 6.07) is 69.7. The number of hydrogen-bond acceptors (Lipinski definition) is 2. The first-order valence-electron chi connectivity index (χ1n) is 19.3. The zero-order chi connectivity index (χ0) is 36.9. The van der Waals surface area contributed by atoms with Gasteiger partial charge in [0.2, 0.25) is 0 Å². The Hall–Kier alpha value is -6.22. The van der Waals surface area contributed by atoms with Crippen LogP contribution in [0, 0.1) is 0 Å². The van der Waals surface area contributed by atoms with Crippen LogP contribution in [0.3, 0.4) is 0 Å². The Balaban J connectivity index is 1.17. The standard InChI is InChI=1S/C53H41NS/c1-53(2)49-23-13-11-21-45(49)46-29-26-42(35-50(46)53)54(41-27-30-52-48(34-41)47-22-12-14-24-51(47)55-52)40-25-28-44(39(33-40)32-37-17-7-4-8-18-37)43-20-10-9-19-38(43)31-36-15-5-3-6-16-36/h3-30,33-35H,31-32H2,1-2H3. The molecule has 0 saturated heterocycles. The van der Waals surface area contributed by atoms with E-state index in [0.717, 1.165) is 24.2 Å². The van der Waals surface area contributed by atoms with Crippen LogP contribution in [0.15, 0.2) is 188 Å². The fourth-order valence-electron chi connectivity index (χ4n) is 8.83. The van der Waals surface area contributed by atoms with Crippen molar-refractivity contribution in [3.63, 3.8) is 0 Å². The molecule has 8 aromatic carbocycles. The van der Waals surface area contributed by atoms with Crippen molar-refractivity contribution in [3.05, 3.63) is 221 Å². The van der Waals surface area contributed by atoms with Gasteiger partial charge in [-0.25, -0.2) is 0 Å². The fraction of sp³-hybridized carbons (Fsp3) is 0.0943. The molecule has 0 atom stereocenters. The lowest BCUT2D eigenvalue weighted by Gasteiger charge is -2.29. The summed E-state index contributed by atoms with van der Waals surface area (Å²) in [5, 5.41) is 2.61. The van der Waals surface area contributed by atoms with Gasteiger partial charge < -0.3 is 4.90 Å². The molecule has 1 aliphatic rings. The molecule has 1 heterocycles. The van der Waals surface area contributed by atoms with Crippen LogP contribution in [-0.4, -0.2) is 0 Å². The van der Waals surface area contributed by atoms with Gasteiger partial charge in [-0.05, 0) is 117 Å². The molecule has 2 heteroatoms. The van der Waals surface area contributed by atoms with Crippen LogP contribution in [0.4, 0.5) is 17.1 Å². The van der Waals surface area contributed by atoms with Crippen molar-refractivity contribution in [2.45, 2.75) is 32.1 Å². The van der Waals surface area contributed by atoms with E-state index in [9.17, 15) is 0 Å². The number of anilines is 3. The van der Waals surface area contributed by atoms with Gasteiger partial charge in [0, 0.05) is 42.6 Å². The second-order valence-corrected chi connectivity index (χ2v) is 16.4. The average Bonchev–Trinajstić information content (AvgIpc) is 3.71. The molecular weight excluding hydrogens is 683 g/mol. The molecule has 1 nitrogen and oxygen atoms in total. The smallest absolute Gasteiger partial charge is 0.0468 e. The lowest BCUT2D eigenvalue weighted by Crippen LogP contribution is -2.16. The zero-order valence-electron chi connectivity index (χ0n) is 31.2. The summed E-state index contributed by atoms with van der Waals surface area (Å²) < 4.78 is 2.63. The summed E-state index contributed by atoms with van der Waals surface area (Å²) in [7, 11) is 0. The van der Waals surface area contributed by atoms with Crippen LogP contribution < -0.4 is 4.90 Å². The molecule has 55 heavy (non-hydrogen) atoms. The number of nitrogens with zero attached hydrogens (tertiary/aromatic N) is 1. The highest BCUT2D eigenvalue weighted by atomic mass is 32.1. The lowest BCUT2D eigenvalue weighted by molar-refractivity contribution is 0.660. The van der Waals surface area contributed by atoms with Gasteiger partial charge in [0.05, 0.1) is 0 Å². The summed E-state index contributed by atoms with van der Waals surface area (Å²) >= 11 is 1.87. The van der Waals surface area contributed by atoms with Gasteiger partial charge in [0.1, 0.15) is 0 Å². The van der Waals surface area contributed by atoms with E-state index in [1.807, 2.05) is 11.3 Å². The zero-order valence-corrected chi connectivity index (χ0v) is 32.0. The van der Waals surface area contributed by atoms with Gasteiger partial charge in [0.25, 0.3) is 0 Å². The van der Waals surface area contributed by atoms with Crippen molar-refractivity contribution in [2.24, 2.45) is 0 Å². The number of thiophene rings is 1. The summed E-state index contributed by atoms with van der Waals surface area (Å²) in [5.41, 5.74) is 16.7. The SMILES string of the molecule is CC1(C)c2ccccc2-c2ccc(N(c3ccc(-c4ccccc4Cc4ccccc4)c(Cc4ccccc4)c3)c3ccc4sc5ccccc5c4c3)cc21. The van der Waals surface area contributed by atoms with Crippen molar-refractivity contribution >= 4 is 48.6 Å². The predicted octanol–water partition coefficient (Wildman–Crippen LogP) is 14.7. The average molecular weight is 724 g/mol. The first-order valence-corrected chi connectivity index (χ1v) is 20.1. The van der Waals surface area contributed by atoms with Crippen molar-refractivity contribution < 1.29 is 0 Å². The van der Waals surface area contributed by atoms with E-state index in [1.54, 1.807) is 0 Å². The van der Waals surface area contributed by atoms with Gasteiger partial charge >= 0.3 is 0 Å². The van der Waals surface area contributed by atoms with E-state index in [-0.39, 0.29) is 5.41 Å². The molecule has 9 aromatic rings. The molecule has 0 aliphatic heterocycles. The van der Waals surface area contributed by atoms with E-state index in [0.29, 0.717) is 0 Å². The molecule has 0 fully saturated rings. The molecule has 1 aromatic heterocycles. The molecule has 10 rings (SSSR count). The second kappa shape index (κ2) is 13.6. The first kappa shape index (κ1) is 33.4. The van der Waals surface area contributed by atoms with Crippen LogP contribution in [-0.2, 0) is 18.3 Å². The van der Waals surface area contributed by atoms with Gasteiger partial charge in [-0.1, -0.05) is 153 Å². The minimum Gasteiger partial charge on any atom is -0.310 e. The van der Waals surface area contributed by atoms with E-state index in [4.69, 9.17) is 0 Å². The molecule has 0 spiro atoms. The minimum absolute atomic E-state index is 0.105. The Labute approximate surface area is 327 Å². The van der Waals surface area contributed by atoms with Crippen LogP contribution in [0.5, 0.6) is 0 Å². The van der Waals surface area contributed by atoms with Gasteiger partial charge in [-0.3, -0.25) is 0 Å². The largest absolute Gasteiger partial charge is 0.310 e. The van der Waals surface area contributed by atoms with Gasteiger partial charge in [-0.15, -0.1) is 11.3 Å². The summed E-state index contributed by atoms with van der Waals surface area (Å²) in [5.74, 6) is 0. The van der Waals surface area contributed by atoms with Crippen LogP contribution in [0.2, 0.25) is 0 Å². The number of rotatable bonds is 8. The quantitative estimate of drug-likeness (QED) is 0.151. The maximum Gasteiger partial charge on any atom is 0.0468 e. The third-order valence-electron chi connectivity index (χ3n) is 11.6. The lowest BCUT2D eigenvalue weighted by atomic mass is 9.82. The molecular formula is C53H41NS. The highest BCUT2D eigenvalue weighted by Crippen LogP contribution is 2.51. The third-order valence-corrected chi connectivity index (χ3v) is 12.7. The van der Waals surface area contributed by atoms with E-state index in [1.165, 1.54) is 81.5 Å². The van der Waals surface area contributed by atoms with E-state index >= 15 is 0 Å². The van der Waals surface area contributed by atoms with Gasteiger partial charge in [0.15, 0.2) is 0 Å². The molecule has 0 bridgehead atoms. The molecule has 0 saturated carbocycles. The number of benzene rings is 8. The number of fused-ring (bicyclic) bond motifs is 6. The maximum atomic E-state index is 2.49. The third kappa shape index (κ3) is 5.95. The molecule has 0 amide bonds. The molecule has 264 valence electrons. The van der Waals surface area contributed by atoms with E-state index < -0.39 is 0 Å². The van der Waals surface area contributed by atoms with Gasteiger partial charge in [-0.2, -0.15) is 0 Å². The molecule has 1 aliphatic carbocycles. The normalized spacial score (nSPS) is 12.8. The Morgan fingerprint density at radius 1 is 0.400 bits per heavy atom. The second-order valence-electron chi connectivity index (χ2n) is 15.3. The number of hydrogen-bond donors (Lipinski definition) is 0. The maximum absolute atomic E-state index is 2.49. The first-order chi connectivity index (χ1) is 27.0. The molecule has 0 unspecified atom stereocenters. The summed E-state index contributed by atoms with van der Waals surface area (Å²) in [6.07, 6.45) is 1.72. The van der Waals surface area contributed by atoms with Crippen molar-refractivity contribution in [1.82, 2.24) is 0 Å². The Bertz CT molecular complexity index is 2850. The predicted molar refractivity (Wildman–Crippen MR) is 236 cm³/mol. The Morgan fingerprint density at radius 3 is 1.71 bits per heavy atom. The van der Waals surface area contributed by atoms with Crippen LogP contribution in [0.1, 0.15) is 47.2 Å². The van der Waals surface area contributed by atoms with Crippen LogP contribution in [0.25, 0.3) is 42.4 Å². The topological polar surface area (TPSA) is 3.24 Å². The monoisotopic (exact) mass is 723 g/mol. The molecule has 0 N–H and O–H groups in total. The highest BCUT2D eigenvalue weighted by Gasteiger charge is 2.35. The van der Waals surface area contributed by atoms with E-state index in [2.05, 4.69) is 207 Å². The van der Waals surface area contributed by atoms with Crippen molar-refractivity contribution in [1.29, 1.82) is 0 Å². The Kier molecular flexibility index (Phi) is 8.23. The summed E-state index contributed by atoms with van der Waals surface area (Å²) in [6.45, 7) is 4.74. The highest BCUT2D eigenvalue weighted by molar-refractivity contribution is 7.25. The Morgan fingerprint density at radius 2 is 0.927 bits per heavy atom. The minimum atomic E-state index is -0.105. The molecule has 0 radical (unpaired) electrons. The fourth-order valence-corrected chi connectivity index (χ4v) is 9.92. The van der Waals surface area contributed by atoms with Crippen molar-refractivity contribution in [3.8, 4) is 22.3 Å².